The number of benzene rings is 5. The van der Waals surface area contributed by atoms with Gasteiger partial charge in [0.25, 0.3) is 0 Å². The maximum absolute atomic E-state index is 10.4. The minimum atomic E-state index is -1.59. The Balaban J connectivity index is 1.73. The zero-order valence-electron chi connectivity index (χ0n) is 16.9. The molecule has 2 nitrogen and oxygen atoms in total. The minimum Gasteiger partial charge on any atom is -0.423 e. The van der Waals surface area contributed by atoms with Gasteiger partial charge in [-0.1, -0.05) is 109 Å². The number of hydrogen-bond donors (Lipinski definition) is 2. The van der Waals surface area contributed by atoms with Crippen LogP contribution in [0.3, 0.4) is 0 Å². The van der Waals surface area contributed by atoms with Crippen LogP contribution in [0.25, 0.3) is 44.2 Å². The van der Waals surface area contributed by atoms with Crippen LogP contribution >= 0.6 is 0 Å². The number of rotatable bonds is 4. The molecule has 5 aromatic rings. The van der Waals surface area contributed by atoms with Gasteiger partial charge in [0, 0.05) is 0 Å². The maximum Gasteiger partial charge on any atom is 0.489 e. The van der Waals surface area contributed by atoms with Crippen LogP contribution < -0.4 is 5.46 Å². The van der Waals surface area contributed by atoms with E-state index in [2.05, 4.69) is 36.4 Å². The predicted octanol–water partition coefficient (Wildman–Crippen LogP) is 5.52. The zero-order valence-corrected chi connectivity index (χ0v) is 16.9. The Labute approximate surface area is 182 Å². The Bertz CT molecular complexity index is 1360. The average molecular weight is 400 g/mol. The van der Waals surface area contributed by atoms with E-state index in [4.69, 9.17) is 0 Å². The highest BCUT2D eigenvalue weighted by molar-refractivity contribution is 6.62. The summed E-state index contributed by atoms with van der Waals surface area (Å²) in [6, 6.07) is 38.6. The van der Waals surface area contributed by atoms with E-state index in [0.717, 1.165) is 33.4 Å². The number of hydrogen-bond acceptors (Lipinski definition) is 2. The lowest BCUT2D eigenvalue weighted by molar-refractivity contribution is 0.426. The lowest BCUT2D eigenvalue weighted by Crippen LogP contribution is -2.33. The Morgan fingerprint density at radius 1 is 0.419 bits per heavy atom. The Hall–Kier alpha value is -3.66. The van der Waals surface area contributed by atoms with Crippen LogP contribution in [0.1, 0.15) is 0 Å². The van der Waals surface area contributed by atoms with Gasteiger partial charge in [0.05, 0.1) is 0 Å². The van der Waals surface area contributed by atoms with Crippen LogP contribution in [-0.4, -0.2) is 17.2 Å². The molecule has 0 atom stereocenters. The molecule has 0 aliphatic carbocycles. The Kier molecular flexibility index (Phi) is 5.13. The molecule has 0 spiro atoms. The van der Waals surface area contributed by atoms with Crippen molar-refractivity contribution in [1.29, 1.82) is 0 Å². The van der Waals surface area contributed by atoms with Crippen molar-refractivity contribution in [3.05, 3.63) is 115 Å². The van der Waals surface area contributed by atoms with Crippen molar-refractivity contribution < 1.29 is 10.0 Å². The van der Waals surface area contributed by atoms with Crippen molar-refractivity contribution in [2.24, 2.45) is 0 Å². The van der Waals surface area contributed by atoms with Crippen LogP contribution in [0.4, 0.5) is 0 Å². The molecule has 31 heavy (non-hydrogen) atoms. The fourth-order valence-corrected chi connectivity index (χ4v) is 4.27. The minimum absolute atomic E-state index is 0.516. The molecule has 3 heteroatoms. The van der Waals surface area contributed by atoms with Crippen LogP contribution in [0.2, 0.25) is 0 Å². The quantitative estimate of drug-likeness (QED) is 0.390. The van der Waals surface area contributed by atoms with Gasteiger partial charge in [0.2, 0.25) is 0 Å². The summed E-state index contributed by atoms with van der Waals surface area (Å²) in [6.45, 7) is 0. The average Bonchev–Trinajstić information content (AvgIpc) is 2.83. The van der Waals surface area contributed by atoms with Gasteiger partial charge in [-0.3, -0.25) is 0 Å². The SMILES string of the molecule is OB(O)c1c(-c2ccccc2)cccc1-c1ccccc1-c1ccc2ccccc2c1. The molecule has 0 unspecified atom stereocenters. The predicted molar refractivity (Wildman–Crippen MR) is 130 cm³/mol. The molecule has 0 heterocycles. The van der Waals surface area contributed by atoms with E-state index in [0.29, 0.717) is 5.46 Å². The van der Waals surface area contributed by atoms with Gasteiger partial charge in [0.1, 0.15) is 0 Å². The standard InChI is InChI=1S/C28H21BO2/c30-29(31)28-25(21-10-2-1-3-11-21)15-8-16-27(28)26-14-7-6-13-24(26)23-18-17-20-9-4-5-12-22(20)19-23/h1-19,30-31H. The van der Waals surface area contributed by atoms with E-state index in [1.807, 2.05) is 78.9 Å². The van der Waals surface area contributed by atoms with Crippen molar-refractivity contribution in [3.63, 3.8) is 0 Å². The third-order valence-corrected chi connectivity index (χ3v) is 5.73. The molecule has 0 aliphatic heterocycles. The van der Waals surface area contributed by atoms with E-state index >= 15 is 0 Å². The lowest BCUT2D eigenvalue weighted by Gasteiger charge is -2.18. The fraction of sp³-hybridized carbons (Fsp3) is 0. The van der Waals surface area contributed by atoms with Gasteiger partial charge in [-0.05, 0) is 55.7 Å². The van der Waals surface area contributed by atoms with E-state index < -0.39 is 7.12 Å². The van der Waals surface area contributed by atoms with E-state index in [1.54, 1.807) is 0 Å². The molecule has 0 saturated heterocycles. The summed E-state index contributed by atoms with van der Waals surface area (Å²) in [6.07, 6.45) is 0. The van der Waals surface area contributed by atoms with Crippen molar-refractivity contribution in [1.82, 2.24) is 0 Å². The molecular formula is C28H21BO2. The first-order valence-electron chi connectivity index (χ1n) is 10.4. The molecule has 0 radical (unpaired) electrons. The summed E-state index contributed by atoms with van der Waals surface area (Å²) in [5.41, 5.74) is 6.23. The molecule has 0 amide bonds. The highest BCUT2D eigenvalue weighted by Crippen LogP contribution is 2.34. The van der Waals surface area contributed by atoms with Gasteiger partial charge in [-0.25, -0.2) is 0 Å². The van der Waals surface area contributed by atoms with E-state index in [-0.39, 0.29) is 0 Å². The molecule has 0 fully saturated rings. The Morgan fingerprint density at radius 2 is 1.03 bits per heavy atom. The molecular weight excluding hydrogens is 379 g/mol. The molecule has 5 aromatic carbocycles. The van der Waals surface area contributed by atoms with Gasteiger partial charge in [-0.2, -0.15) is 0 Å². The van der Waals surface area contributed by atoms with Gasteiger partial charge >= 0.3 is 7.12 Å². The van der Waals surface area contributed by atoms with Gasteiger partial charge in [0.15, 0.2) is 0 Å². The smallest absolute Gasteiger partial charge is 0.423 e. The first-order chi connectivity index (χ1) is 15.2. The number of fused-ring (bicyclic) bond motifs is 1. The molecule has 2 N–H and O–H groups in total. The second kappa shape index (κ2) is 8.23. The second-order valence-electron chi connectivity index (χ2n) is 7.61. The molecule has 0 aliphatic rings. The molecule has 5 rings (SSSR count). The highest BCUT2D eigenvalue weighted by Gasteiger charge is 2.23. The monoisotopic (exact) mass is 400 g/mol. The van der Waals surface area contributed by atoms with Crippen LogP contribution in [0, 0.1) is 0 Å². The van der Waals surface area contributed by atoms with Gasteiger partial charge < -0.3 is 10.0 Å². The highest BCUT2D eigenvalue weighted by atomic mass is 16.4. The molecule has 0 bridgehead atoms. The van der Waals surface area contributed by atoms with E-state index in [9.17, 15) is 10.0 Å². The van der Waals surface area contributed by atoms with Crippen LogP contribution in [0.5, 0.6) is 0 Å². The summed E-state index contributed by atoms with van der Waals surface area (Å²) in [7, 11) is -1.59. The second-order valence-corrected chi connectivity index (χ2v) is 7.61. The zero-order chi connectivity index (χ0) is 21.2. The van der Waals surface area contributed by atoms with Crippen molar-refractivity contribution in [2.75, 3.05) is 0 Å². The summed E-state index contributed by atoms with van der Waals surface area (Å²) < 4.78 is 0. The Morgan fingerprint density at radius 3 is 1.81 bits per heavy atom. The van der Waals surface area contributed by atoms with E-state index in [1.165, 1.54) is 10.8 Å². The topological polar surface area (TPSA) is 40.5 Å². The van der Waals surface area contributed by atoms with Crippen molar-refractivity contribution >= 4 is 23.4 Å². The van der Waals surface area contributed by atoms with Crippen molar-refractivity contribution in [2.45, 2.75) is 0 Å². The molecule has 148 valence electrons. The normalized spacial score (nSPS) is 10.9. The van der Waals surface area contributed by atoms with Gasteiger partial charge in [-0.15, -0.1) is 0 Å². The lowest BCUT2D eigenvalue weighted by atomic mass is 9.70. The first-order valence-corrected chi connectivity index (χ1v) is 10.4. The third-order valence-electron chi connectivity index (χ3n) is 5.73. The first kappa shape index (κ1) is 19.3. The third kappa shape index (κ3) is 3.66. The van der Waals surface area contributed by atoms with Crippen molar-refractivity contribution in [3.8, 4) is 33.4 Å². The fourth-order valence-electron chi connectivity index (χ4n) is 4.27. The molecule has 0 aromatic heterocycles. The summed E-state index contributed by atoms with van der Waals surface area (Å²) in [5, 5.41) is 23.1. The molecule has 0 saturated carbocycles. The summed E-state index contributed by atoms with van der Waals surface area (Å²) in [4.78, 5) is 0. The summed E-state index contributed by atoms with van der Waals surface area (Å²) in [5.74, 6) is 0. The maximum atomic E-state index is 10.4. The summed E-state index contributed by atoms with van der Waals surface area (Å²) >= 11 is 0. The van der Waals surface area contributed by atoms with Crippen LogP contribution in [-0.2, 0) is 0 Å². The van der Waals surface area contributed by atoms with Crippen LogP contribution in [0.15, 0.2) is 115 Å². The largest absolute Gasteiger partial charge is 0.489 e.